The number of unbranched alkanes of at least 4 members (excludes halogenated alkanes) is 1. The van der Waals surface area contributed by atoms with Gasteiger partial charge in [0.15, 0.2) is 0 Å². The molecule has 0 heterocycles. The van der Waals surface area contributed by atoms with Crippen LogP contribution >= 0.6 is 0 Å². The van der Waals surface area contributed by atoms with E-state index in [9.17, 15) is 19.4 Å². The van der Waals surface area contributed by atoms with Crippen molar-refractivity contribution in [3.63, 3.8) is 0 Å². The minimum Gasteiger partial charge on any atom is -0.336 e. The fourth-order valence-corrected chi connectivity index (χ4v) is 0.944. The summed E-state index contributed by atoms with van der Waals surface area (Å²) in [5.74, 6) is 0. The molecule has 0 aliphatic rings. The van der Waals surface area contributed by atoms with E-state index in [0.29, 0.717) is 35.9 Å². The topological polar surface area (TPSA) is 124 Å². The maximum Gasteiger partial charge on any atom is 0.340 e. The third kappa shape index (κ3) is 6.35. The third-order valence-electron chi connectivity index (χ3n) is 1.99. The molecule has 0 radical (unpaired) electrons. The number of hydrogen-bond donors (Lipinski definition) is 2. The summed E-state index contributed by atoms with van der Waals surface area (Å²) >= 11 is 0. The zero-order valence-electron chi connectivity index (χ0n) is 10.3. The molecule has 0 saturated carbocycles. The third-order valence-corrected chi connectivity index (χ3v) is 1.99. The zero-order chi connectivity index (χ0) is 14.0. The second-order valence-electron chi connectivity index (χ2n) is 3.38. The lowest BCUT2D eigenvalue weighted by Crippen LogP contribution is -2.35. The number of carbonyl (C=O) groups excluding carboxylic acids is 2. The predicted octanol–water partition coefficient (Wildman–Crippen LogP) is 0.412. The molecule has 0 spiro atoms. The van der Waals surface area contributed by atoms with Gasteiger partial charge in [-0.3, -0.25) is 0 Å². The molecule has 0 aliphatic carbocycles. The van der Waals surface area contributed by atoms with E-state index < -0.39 is 12.1 Å². The molecule has 4 amide bonds. The number of nitroso groups, excluding NO2 is 2. The normalized spacial score (nSPS) is 9.22. The fourth-order valence-electron chi connectivity index (χ4n) is 0.944. The van der Waals surface area contributed by atoms with E-state index in [1.165, 1.54) is 14.1 Å². The molecule has 0 bridgehead atoms. The molecule has 102 valence electrons. The van der Waals surface area contributed by atoms with Crippen LogP contribution in [0.1, 0.15) is 12.8 Å². The largest absolute Gasteiger partial charge is 0.340 e. The molecule has 10 heteroatoms. The van der Waals surface area contributed by atoms with Gasteiger partial charge >= 0.3 is 12.1 Å². The Kier molecular flexibility index (Phi) is 7.73. The summed E-state index contributed by atoms with van der Waals surface area (Å²) in [6.07, 6.45) is 1.22. The number of nitrogens with zero attached hydrogens (tertiary/aromatic N) is 4. The Morgan fingerprint density at radius 1 is 0.889 bits per heavy atom. The number of hydrogen-bond acceptors (Lipinski definition) is 6. The first kappa shape index (κ1) is 15.7. The average molecular weight is 260 g/mol. The summed E-state index contributed by atoms with van der Waals surface area (Å²) < 4.78 is 0. The SMILES string of the molecule is CN(N=O)C(=O)NCCCCNC(=O)N(C)N=O. The van der Waals surface area contributed by atoms with Crippen LogP contribution in [0.15, 0.2) is 10.6 Å². The van der Waals surface area contributed by atoms with Crippen LogP contribution in [-0.2, 0) is 0 Å². The van der Waals surface area contributed by atoms with Crippen molar-refractivity contribution in [2.45, 2.75) is 12.8 Å². The van der Waals surface area contributed by atoms with E-state index in [2.05, 4.69) is 21.2 Å². The minimum atomic E-state index is -0.584. The van der Waals surface area contributed by atoms with Gasteiger partial charge in [0.1, 0.15) is 0 Å². The van der Waals surface area contributed by atoms with Crippen molar-refractivity contribution >= 4 is 12.1 Å². The number of amides is 4. The predicted molar refractivity (Wildman–Crippen MR) is 63.1 cm³/mol. The van der Waals surface area contributed by atoms with Crippen molar-refractivity contribution in [1.29, 1.82) is 0 Å². The first-order chi connectivity index (χ1) is 8.52. The maximum atomic E-state index is 11.0. The van der Waals surface area contributed by atoms with Crippen LogP contribution in [0.2, 0.25) is 0 Å². The highest BCUT2D eigenvalue weighted by Crippen LogP contribution is 1.89. The summed E-state index contributed by atoms with van der Waals surface area (Å²) in [4.78, 5) is 42.0. The average Bonchev–Trinajstić information content (AvgIpc) is 2.39. The van der Waals surface area contributed by atoms with Gasteiger partial charge in [0.2, 0.25) is 0 Å². The van der Waals surface area contributed by atoms with E-state index in [0.717, 1.165) is 0 Å². The fraction of sp³-hybridized carbons (Fsp3) is 0.750. The van der Waals surface area contributed by atoms with Crippen LogP contribution < -0.4 is 10.6 Å². The monoisotopic (exact) mass is 260 g/mol. The summed E-state index contributed by atoms with van der Waals surface area (Å²) in [6, 6.07) is -1.17. The van der Waals surface area contributed by atoms with Gasteiger partial charge in [-0.2, -0.15) is 10.0 Å². The van der Waals surface area contributed by atoms with Gasteiger partial charge in [0, 0.05) is 27.2 Å². The molecule has 0 aromatic heterocycles. The zero-order valence-corrected chi connectivity index (χ0v) is 10.3. The summed E-state index contributed by atoms with van der Waals surface area (Å²) in [5, 5.41) is 11.1. The Labute approximate surface area is 104 Å². The quantitative estimate of drug-likeness (QED) is 0.391. The maximum absolute atomic E-state index is 11.0. The lowest BCUT2D eigenvalue weighted by molar-refractivity contribution is 0.208. The molecule has 0 saturated heterocycles. The molecular formula is C8H16N6O4. The molecule has 0 aromatic rings. The summed E-state index contributed by atoms with van der Waals surface area (Å²) in [5.41, 5.74) is 0. The minimum absolute atomic E-state index is 0.357. The van der Waals surface area contributed by atoms with Crippen molar-refractivity contribution in [3.05, 3.63) is 9.81 Å². The molecule has 0 rings (SSSR count). The van der Waals surface area contributed by atoms with Crippen LogP contribution in [0.5, 0.6) is 0 Å². The van der Waals surface area contributed by atoms with E-state index in [4.69, 9.17) is 0 Å². The Bertz CT molecular complexity index is 280. The Morgan fingerprint density at radius 2 is 1.22 bits per heavy atom. The van der Waals surface area contributed by atoms with Crippen LogP contribution in [-0.4, -0.2) is 49.3 Å². The van der Waals surface area contributed by atoms with E-state index in [1.54, 1.807) is 0 Å². The van der Waals surface area contributed by atoms with Gasteiger partial charge in [0.05, 0.1) is 10.6 Å². The van der Waals surface area contributed by atoms with Gasteiger partial charge in [-0.1, -0.05) is 0 Å². The highest BCUT2D eigenvalue weighted by molar-refractivity contribution is 5.73. The number of urea groups is 2. The molecular weight excluding hydrogens is 244 g/mol. The Balaban J connectivity index is 3.52. The van der Waals surface area contributed by atoms with E-state index in [1.807, 2.05) is 0 Å². The lowest BCUT2D eigenvalue weighted by Gasteiger charge is -2.10. The second-order valence-corrected chi connectivity index (χ2v) is 3.38. The molecule has 0 unspecified atom stereocenters. The summed E-state index contributed by atoms with van der Waals surface area (Å²) in [7, 11) is 2.48. The van der Waals surface area contributed by atoms with Crippen molar-refractivity contribution in [2.75, 3.05) is 27.2 Å². The van der Waals surface area contributed by atoms with Crippen molar-refractivity contribution in [2.24, 2.45) is 10.6 Å². The van der Waals surface area contributed by atoms with E-state index in [-0.39, 0.29) is 0 Å². The molecule has 18 heavy (non-hydrogen) atoms. The Hall–Kier alpha value is -2.26. The Morgan fingerprint density at radius 3 is 1.50 bits per heavy atom. The molecule has 0 fully saturated rings. The second kappa shape index (κ2) is 8.84. The van der Waals surface area contributed by atoms with Crippen LogP contribution in [0.3, 0.4) is 0 Å². The van der Waals surface area contributed by atoms with Crippen LogP contribution in [0.25, 0.3) is 0 Å². The van der Waals surface area contributed by atoms with Crippen LogP contribution in [0.4, 0.5) is 9.59 Å². The van der Waals surface area contributed by atoms with Gasteiger partial charge in [-0.05, 0) is 12.8 Å². The van der Waals surface area contributed by atoms with Gasteiger partial charge in [0.25, 0.3) is 0 Å². The molecule has 0 atom stereocenters. The molecule has 10 nitrogen and oxygen atoms in total. The highest BCUT2D eigenvalue weighted by atomic mass is 16.3. The standard InChI is InChI=1S/C8H16N6O4/c1-13(11-17)7(15)9-5-3-4-6-10-8(16)14(2)12-18/h3-6H2,1-2H3,(H,9,15)(H,10,16). The van der Waals surface area contributed by atoms with Gasteiger partial charge in [-0.15, -0.1) is 9.81 Å². The smallest absolute Gasteiger partial charge is 0.336 e. The molecule has 0 aromatic carbocycles. The highest BCUT2D eigenvalue weighted by Gasteiger charge is 2.07. The first-order valence-electron chi connectivity index (χ1n) is 5.22. The molecule has 2 N–H and O–H groups in total. The number of nitrogens with one attached hydrogen (secondary N) is 2. The number of rotatable bonds is 7. The first-order valence-corrected chi connectivity index (χ1v) is 5.22. The van der Waals surface area contributed by atoms with Gasteiger partial charge in [-0.25, -0.2) is 9.59 Å². The van der Waals surface area contributed by atoms with Crippen molar-refractivity contribution in [1.82, 2.24) is 20.7 Å². The summed E-state index contributed by atoms with van der Waals surface area (Å²) in [6.45, 7) is 0.715. The number of carbonyl (C=O) groups is 2. The van der Waals surface area contributed by atoms with Crippen molar-refractivity contribution < 1.29 is 9.59 Å². The molecule has 0 aliphatic heterocycles. The van der Waals surface area contributed by atoms with Crippen molar-refractivity contribution in [3.8, 4) is 0 Å². The van der Waals surface area contributed by atoms with E-state index >= 15 is 0 Å². The van der Waals surface area contributed by atoms with Gasteiger partial charge < -0.3 is 10.6 Å². The lowest BCUT2D eigenvalue weighted by atomic mass is 10.3. The van der Waals surface area contributed by atoms with Crippen LogP contribution in [0, 0.1) is 9.81 Å².